The highest BCUT2D eigenvalue weighted by molar-refractivity contribution is 5.90. The topological polar surface area (TPSA) is 51.1 Å². The van der Waals surface area contributed by atoms with E-state index in [4.69, 9.17) is 0 Å². The van der Waals surface area contributed by atoms with Crippen LogP contribution in [0.5, 0.6) is 0 Å². The number of hydrogen-bond acceptors (Lipinski definition) is 2. The highest BCUT2D eigenvalue weighted by Crippen LogP contribution is 2.18. The number of nitrogens with one attached hydrogen (secondary N) is 1. The van der Waals surface area contributed by atoms with E-state index in [1.807, 2.05) is 0 Å². The predicted molar refractivity (Wildman–Crippen MR) is 75.2 cm³/mol. The summed E-state index contributed by atoms with van der Waals surface area (Å²) in [6.45, 7) is 3.24. The van der Waals surface area contributed by atoms with Crippen LogP contribution in [0, 0.1) is 25.5 Å². The molecule has 0 fully saturated rings. The number of benzene rings is 1. The molecule has 0 spiro atoms. The molecule has 0 saturated carbocycles. The van der Waals surface area contributed by atoms with Gasteiger partial charge in [-0.2, -0.15) is 0 Å². The smallest absolute Gasteiger partial charge is 0.244 e. The van der Waals surface area contributed by atoms with Crippen LogP contribution in [0.15, 0.2) is 35.1 Å². The van der Waals surface area contributed by atoms with E-state index in [0.29, 0.717) is 11.4 Å². The van der Waals surface area contributed by atoms with Gasteiger partial charge in [0.05, 0.1) is 0 Å². The molecule has 1 aromatic carbocycles. The SMILES string of the molecule is Cc1cc(=O)cc(C)n1CC(=O)Nc1c(F)cccc1F. The van der Waals surface area contributed by atoms with Crippen LogP contribution in [0.4, 0.5) is 14.5 Å². The van der Waals surface area contributed by atoms with Gasteiger partial charge in [0.1, 0.15) is 23.9 Å². The lowest BCUT2D eigenvalue weighted by Crippen LogP contribution is -2.24. The maximum Gasteiger partial charge on any atom is 0.244 e. The van der Waals surface area contributed by atoms with E-state index < -0.39 is 23.2 Å². The Morgan fingerprint density at radius 3 is 2.19 bits per heavy atom. The molecule has 1 heterocycles. The highest BCUT2D eigenvalue weighted by atomic mass is 19.1. The molecule has 21 heavy (non-hydrogen) atoms. The van der Waals surface area contributed by atoms with Gasteiger partial charge in [0, 0.05) is 23.5 Å². The zero-order valence-corrected chi connectivity index (χ0v) is 11.6. The number of carbonyl (C=O) groups excluding carboxylic acids is 1. The first-order valence-corrected chi connectivity index (χ1v) is 6.30. The van der Waals surface area contributed by atoms with Crippen LogP contribution in [-0.4, -0.2) is 10.5 Å². The Morgan fingerprint density at radius 1 is 1.14 bits per heavy atom. The minimum Gasteiger partial charge on any atom is -0.340 e. The molecule has 0 saturated heterocycles. The van der Waals surface area contributed by atoms with Gasteiger partial charge in [-0.15, -0.1) is 0 Å². The van der Waals surface area contributed by atoms with Crippen LogP contribution >= 0.6 is 0 Å². The summed E-state index contributed by atoms with van der Waals surface area (Å²) in [5.74, 6) is -2.25. The lowest BCUT2D eigenvalue weighted by atomic mass is 10.2. The zero-order valence-electron chi connectivity index (χ0n) is 11.6. The summed E-state index contributed by atoms with van der Waals surface area (Å²) >= 11 is 0. The number of para-hydroxylation sites is 1. The average Bonchev–Trinajstić information content (AvgIpc) is 2.38. The van der Waals surface area contributed by atoms with Gasteiger partial charge in [0.25, 0.3) is 0 Å². The van der Waals surface area contributed by atoms with Gasteiger partial charge in [-0.25, -0.2) is 8.78 Å². The fourth-order valence-corrected chi connectivity index (χ4v) is 2.08. The molecule has 110 valence electrons. The predicted octanol–water partition coefficient (Wildman–Crippen LogP) is 2.38. The molecule has 0 unspecified atom stereocenters. The van der Waals surface area contributed by atoms with E-state index in [1.165, 1.54) is 18.2 Å². The van der Waals surface area contributed by atoms with Crippen LogP contribution in [0.2, 0.25) is 0 Å². The van der Waals surface area contributed by atoms with Gasteiger partial charge in [-0.3, -0.25) is 9.59 Å². The number of amides is 1. The molecular weight excluding hydrogens is 278 g/mol. The van der Waals surface area contributed by atoms with E-state index in [-0.39, 0.29) is 12.0 Å². The van der Waals surface area contributed by atoms with Crippen molar-refractivity contribution in [1.29, 1.82) is 0 Å². The summed E-state index contributed by atoms with van der Waals surface area (Å²) < 4.78 is 28.5. The fourth-order valence-electron chi connectivity index (χ4n) is 2.08. The minimum absolute atomic E-state index is 0.133. The molecule has 0 radical (unpaired) electrons. The highest BCUT2D eigenvalue weighted by Gasteiger charge is 2.13. The van der Waals surface area contributed by atoms with Gasteiger partial charge in [0.15, 0.2) is 5.43 Å². The van der Waals surface area contributed by atoms with Gasteiger partial charge >= 0.3 is 0 Å². The Kier molecular flexibility index (Phi) is 4.16. The summed E-state index contributed by atoms with van der Waals surface area (Å²) in [5, 5.41) is 2.21. The van der Waals surface area contributed by atoms with Gasteiger partial charge in [-0.1, -0.05) is 6.07 Å². The van der Waals surface area contributed by atoms with Crippen LogP contribution in [0.25, 0.3) is 0 Å². The number of carbonyl (C=O) groups is 1. The normalized spacial score (nSPS) is 10.5. The second-order valence-corrected chi connectivity index (χ2v) is 4.70. The van der Waals surface area contributed by atoms with Crippen molar-refractivity contribution in [2.45, 2.75) is 20.4 Å². The summed E-state index contributed by atoms with van der Waals surface area (Å²) in [5.41, 5.74) is 0.578. The lowest BCUT2D eigenvalue weighted by Gasteiger charge is -2.14. The van der Waals surface area contributed by atoms with Crippen molar-refractivity contribution in [2.75, 3.05) is 5.32 Å². The molecule has 2 aromatic rings. The van der Waals surface area contributed by atoms with Crippen molar-refractivity contribution in [2.24, 2.45) is 0 Å². The van der Waals surface area contributed by atoms with Crippen molar-refractivity contribution in [1.82, 2.24) is 4.57 Å². The minimum atomic E-state index is -0.836. The van der Waals surface area contributed by atoms with Crippen molar-refractivity contribution in [3.8, 4) is 0 Å². The molecule has 0 bridgehead atoms. The number of aryl methyl sites for hydroxylation is 2. The third kappa shape index (κ3) is 3.34. The maximum absolute atomic E-state index is 13.5. The second kappa shape index (κ2) is 5.87. The molecule has 1 N–H and O–H groups in total. The lowest BCUT2D eigenvalue weighted by molar-refractivity contribution is -0.116. The second-order valence-electron chi connectivity index (χ2n) is 4.70. The van der Waals surface area contributed by atoms with Crippen LogP contribution in [-0.2, 0) is 11.3 Å². The molecule has 2 rings (SSSR count). The number of nitrogens with zero attached hydrogens (tertiary/aromatic N) is 1. The first-order valence-electron chi connectivity index (χ1n) is 6.30. The molecule has 0 aliphatic heterocycles. The largest absolute Gasteiger partial charge is 0.340 e. The standard InChI is InChI=1S/C15H14F2N2O2/c1-9-6-11(20)7-10(2)19(9)8-14(21)18-15-12(16)4-3-5-13(15)17/h3-7H,8H2,1-2H3,(H,18,21). The molecule has 1 aromatic heterocycles. The molecule has 0 aliphatic rings. The van der Waals surface area contributed by atoms with Crippen LogP contribution < -0.4 is 10.7 Å². The van der Waals surface area contributed by atoms with E-state index in [2.05, 4.69) is 5.32 Å². The molecule has 0 aliphatic carbocycles. The summed E-state index contributed by atoms with van der Waals surface area (Å²) in [7, 11) is 0. The Bertz CT molecular complexity index is 707. The molecule has 1 amide bonds. The molecule has 6 heteroatoms. The first kappa shape index (κ1) is 14.9. The third-order valence-electron chi connectivity index (χ3n) is 3.08. The number of pyridine rings is 1. The quantitative estimate of drug-likeness (QED) is 0.944. The van der Waals surface area contributed by atoms with Crippen LogP contribution in [0.1, 0.15) is 11.4 Å². The first-order chi connectivity index (χ1) is 9.88. The van der Waals surface area contributed by atoms with Crippen molar-refractivity contribution in [3.63, 3.8) is 0 Å². The van der Waals surface area contributed by atoms with Gasteiger partial charge in [0.2, 0.25) is 5.91 Å². The maximum atomic E-state index is 13.5. The fraction of sp³-hybridized carbons (Fsp3) is 0.200. The van der Waals surface area contributed by atoms with Crippen molar-refractivity contribution >= 4 is 11.6 Å². The monoisotopic (exact) mass is 292 g/mol. The van der Waals surface area contributed by atoms with Gasteiger partial charge < -0.3 is 9.88 Å². The number of anilines is 1. The number of aromatic nitrogens is 1. The van der Waals surface area contributed by atoms with Crippen LogP contribution in [0.3, 0.4) is 0 Å². The average molecular weight is 292 g/mol. The summed E-state index contributed by atoms with van der Waals surface area (Å²) in [4.78, 5) is 23.2. The zero-order chi connectivity index (χ0) is 15.6. The van der Waals surface area contributed by atoms with E-state index in [1.54, 1.807) is 18.4 Å². The van der Waals surface area contributed by atoms with E-state index >= 15 is 0 Å². The van der Waals surface area contributed by atoms with E-state index in [9.17, 15) is 18.4 Å². The van der Waals surface area contributed by atoms with Crippen molar-refractivity contribution in [3.05, 3.63) is 63.6 Å². The number of halogens is 2. The Labute approximate surface area is 120 Å². The molecular formula is C15H14F2N2O2. The Balaban J connectivity index is 2.22. The summed E-state index contributed by atoms with van der Waals surface area (Å²) in [6, 6.07) is 6.13. The molecule has 0 atom stereocenters. The van der Waals surface area contributed by atoms with Crippen molar-refractivity contribution < 1.29 is 13.6 Å². The number of hydrogen-bond donors (Lipinski definition) is 1. The summed E-state index contributed by atoms with van der Waals surface area (Å²) in [6.07, 6.45) is 0. The Hall–Kier alpha value is -2.50. The third-order valence-corrected chi connectivity index (χ3v) is 3.08. The number of rotatable bonds is 3. The Morgan fingerprint density at radius 2 is 1.67 bits per heavy atom. The molecule has 4 nitrogen and oxygen atoms in total. The van der Waals surface area contributed by atoms with E-state index in [0.717, 1.165) is 12.1 Å². The van der Waals surface area contributed by atoms with Gasteiger partial charge in [-0.05, 0) is 26.0 Å².